The minimum Gasteiger partial charge on any atom is -0.349 e. The standard InChI is InChI=1S/C27H32F3N7O3/c1-14-23(36-40-35-14)26(39)34-25(17-4-6-27(29,30)7-5-17)20-13-37-21(32-20)11-18(12-31-37)24(16-2-3-16)33-22(38)10-15-8-19(28)9-15/h11-13,15-17,19,24-25H,2-10H2,1H3,(H,33,38)(H,34,39)/t15?,19?,24-,25+/m1/s1. The van der Waals surface area contributed by atoms with Crippen molar-refractivity contribution in [2.24, 2.45) is 17.8 Å². The van der Waals surface area contributed by atoms with Gasteiger partial charge in [-0.25, -0.2) is 27.3 Å². The summed E-state index contributed by atoms with van der Waals surface area (Å²) in [6.45, 7) is 1.59. The number of imidazole rings is 1. The summed E-state index contributed by atoms with van der Waals surface area (Å²) in [5.74, 6) is -3.20. The first-order valence-electron chi connectivity index (χ1n) is 13.9. The molecular weight excluding hydrogens is 527 g/mol. The molecule has 6 rings (SSSR count). The maximum Gasteiger partial charge on any atom is 0.276 e. The largest absolute Gasteiger partial charge is 0.349 e. The summed E-state index contributed by atoms with van der Waals surface area (Å²) in [5, 5.41) is 17.9. The second kappa shape index (κ2) is 10.5. The van der Waals surface area contributed by atoms with Crippen LogP contribution in [0.3, 0.4) is 0 Å². The molecule has 0 aliphatic heterocycles. The van der Waals surface area contributed by atoms with Gasteiger partial charge in [-0.2, -0.15) is 5.10 Å². The average molecular weight is 560 g/mol. The number of nitrogens with zero attached hydrogens (tertiary/aromatic N) is 5. The molecule has 0 radical (unpaired) electrons. The van der Waals surface area contributed by atoms with Crippen LogP contribution >= 0.6 is 0 Å². The van der Waals surface area contributed by atoms with Crippen molar-refractivity contribution in [1.29, 1.82) is 0 Å². The Morgan fingerprint density at radius 1 is 1.10 bits per heavy atom. The zero-order valence-electron chi connectivity index (χ0n) is 22.2. The van der Waals surface area contributed by atoms with E-state index in [4.69, 9.17) is 4.98 Å². The fourth-order valence-corrected chi connectivity index (χ4v) is 5.92. The molecule has 3 saturated carbocycles. The molecule has 2 atom stereocenters. The van der Waals surface area contributed by atoms with Crippen LogP contribution in [0.25, 0.3) is 5.65 Å². The molecule has 3 aliphatic carbocycles. The van der Waals surface area contributed by atoms with Crippen molar-refractivity contribution in [2.45, 2.75) is 88.9 Å². The van der Waals surface area contributed by atoms with Gasteiger partial charge in [0.05, 0.1) is 30.2 Å². The number of aromatic nitrogens is 5. The first kappa shape index (κ1) is 26.7. The summed E-state index contributed by atoms with van der Waals surface area (Å²) in [6.07, 6.45) is 5.68. The van der Waals surface area contributed by atoms with Crippen LogP contribution in [0.1, 0.15) is 97.3 Å². The molecule has 2 N–H and O–H groups in total. The Labute approximate surface area is 228 Å². The van der Waals surface area contributed by atoms with E-state index in [1.54, 1.807) is 23.8 Å². The third kappa shape index (κ3) is 5.68. The number of amides is 2. The molecule has 0 spiro atoms. The Bertz CT molecular complexity index is 1390. The summed E-state index contributed by atoms with van der Waals surface area (Å²) < 4.78 is 47.3. The van der Waals surface area contributed by atoms with Crippen LogP contribution in [-0.4, -0.2) is 48.8 Å². The Morgan fingerprint density at radius 3 is 2.48 bits per heavy atom. The topological polar surface area (TPSA) is 127 Å². The highest BCUT2D eigenvalue weighted by atomic mass is 19.3. The lowest BCUT2D eigenvalue weighted by Crippen LogP contribution is -2.37. The van der Waals surface area contributed by atoms with Gasteiger partial charge in [0, 0.05) is 19.3 Å². The molecule has 3 aromatic rings. The maximum atomic E-state index is 13.9. The van der Waals surface area contributed by atoms with Crippen LogP contribution in [0.2, 0.25) is 0 Å². The Balaban J connectivity index is 1.24. The maximum absolute atomic E-state index is 13.9. The number of hydrogen-bond acceptors (Lipinski definition) is 7. The van der Waals surface area contributed by atoms with Crippen LogP contribution in [0.15, 0.2) is 23.1 Å². The predicted octanol–water partition coefficient (Wildman–Crippen LogP) is 4.42. The van der Waals surface area contributed by atoms with E-state index in [0.29, 0.717) is 42.2 Å². The van der Waals surface area contributed by atoms with Crippen LogP contribution in [0.4, 0.5) is 13.2 Å². The second-order valence-electron chi connectivity index (χ2n) is 11.6. The van der Waals surface area contributed by atoms with Crippen molar-refractivity contribution in [1.82, 2.24) is 35.5 Å². The first-order chi connectivity index (χ1) is 19.1. The molecule has 0 aromatic carbocycles. The van der Waals surface area contributed by atoms with Gasteiger partial charge in [0.1, 0.15) is 11.9 Å². The molecule has 2 amide bonds. The number of aryl methyl sites for hydroxylation is 1. The van der Waals surface area contributed by atoms with E-state index in [-0.39, 0.29) is 55.2 Å². The predicted molar refractivity (Wildman–Crippen MR) is 135 cm³/mol. The molecule has 3 aromatic heterocycles. The van der Waals surface area contributed by atoms with E-state index < -0.39 is 24.0 Å². The Hall–Kier alpha value is -3.51. The minimum atomic E-state index is -2.72. The summed E-state index contributed by atoms with van der Waals surface area (Å²) >= 11 is 0. The Morgan fingerprint density at radius 2 is 1.82 bits per heavy atom. The van der Waals surface area contributed by atoms with E-state index in [1.165, 1.54) is 0 Å². The fourth-order valence-electron chi connectivity index (χ4n) is 5.92. The van der Waals surface area contributed by atoms with Gasteiger partial charge in [0.15, 0.2) is 11.3 Å². The van der Waals surface area contributed by atoms with Crippen molar-refractivity contribution in [3.05, 3.63) is 41.1 Å². The van der Waals surface area contributed by atoms with E-state index >= 15 is 0 Å². The normalized spacial score (nSPS) is 24.3. The molecule has 0 saturated heterocycles. The van der Waals surface area contributed by atoms with E-state index in [0.717, 1.165) is 18.4 Å². The molecule has 0 bridgehead atoms. The number of halogens is 3. The van der Waals surface area contributed by atoms with Crippen molar-refractivity contribution in [3.8, 4) is 0 Å². The van der Waals surface area contributed by atoms with Gasteiger partial charge < -0.3 is 10.6 Å². The average Bonchev–Trinajstić information content (AvgIpc) is 3.50. The molecule has 3 fully saturated rings. The molecular formula is C27H32F3N7O3. The molecule has 0 unspecified atom stereocenters. The van der Waals surface area contributed by atoms with Crippen LogP contribution < -0.4 is 10.6 Å². The first-order valence-corrected chi connectivity index (χ1v) is 13.9. The SMILES string of the molecule is Cc1nonc1C(=O)N[C@H](c1cn2ncc([C@H](NC(=O)CC3CC(F)C3)C3CC3)cc2n1)C1CCC(F)(F)CC1. The zero-order chi connectivity index (χ0) is 28.0. The lowest BCUT2D eigenvalue weighted by molar-refractivity contribution is -0.124. The molecule has 214 valence electrons. The third-order valence-electron chi connectivity index (χ3n) is 8.49. The minimum absolute atomic E-state index is 0.0299. The smallest absolute Gasteiger partial charge is 0.276 e. The lowest BCUT2D eigenvalue weighted by atomic mass is 9.81. The number of carbonyl (C=O) groups excluding carboxylic acids is 2. The van der Waals surface area contributed by atoms with Gasteiger partial charge in [-0.15, -0.1) is 0 Å². The van der Waals surface area contributed by atoms with Crippen LogP contribution in [0.5, 0.6) is 0 Å². The number of nitrogens with one attached hydrogen (secondary N) is 2. The summed E-state index contributed by atoms with van der Waals surface area (Å²) in [5.41, 5.74) is 2.19. The number of fused-ring (bicyclic) bond motifs is 1. The molecule has 13 heteroatoms. The lowest BCUT2D eigenvalue weighted by Gasteiger charge is -2.33. The number of alkyl halides is 3. The zero-order valence-corrected chi connectivity index (χ0v) is 22.2. The van der Waals surface area contributed by atoms with E-state index in [1.807, 2.05) is 6.07 Å². The molecule has 40 heavy (non-hydrogen) atoms. The van der Waals surface area contributed by atoms with Gasteiger partial charge in [-0.1, -0.05) is 5.16 Å². The summed E-state index contributed by atoms with van der Waals surface area (Å²) in [4.78, 5) is 30.4. The number of hydrogen-bond donors (Lipinski definition) is 2. The number of rotatable bonds is 9. The summed E-state index contributed by atoms with van der Waals surface area (Å²) in [7, 11) is 0. The second-order valence-corrected chi connectivity index (χ2v) is 11.6. The van der Waals surface area contributed by atoms with Crippen LogP contribution in [-0.2, 0) is 4.79 Å². The van der Waals surface area contributed by atoms with Crippen molar-refractivity contribution >= 4 is 17.5 Å². The van der Waals surface area contributed by atoms with Crippen molar-refractivity contribution in [2.75, 3.05) is 0 Å². The highest BCUT2D eigenvalue weighted by Crippen LogP contribution is 2.43. The van der Waals surface area contributed by atoms with Crippen molar-refractivity contribution in [3.63, 3.8) is 0 Å². The molecule has 3 aliphatic rings. The van der Waals surface area contributed by atoms with E-state index in [9.17, 15) is 22.8 Å². The van der Waals surface area contributed by atoms with Gasteiger partial charge in [-0.05, 0) is 80.0 Å². The van der Waals surface area contributed by atoms with E-state index in [2.05, 4.69) is 30.7 Å². The highest BCUT2D eigenvalue weighted by Gasteiger charge is 2.40. The van der Waals surface area contributed by atoms with Gasteiger partial charge >= 0.3 is 0 Å². The van der Waals surface area contributed by atoms with Gasteiger partial charge in [0.2, 0.25) is 11.8 Å². The van der Waals surface area contributed by atoms with Crippen LogP contribution in [0, 0.1) is 24.7 Å². The quantitative estimate of drug-likeness (QED) is 0.397. The molecule has 10 nitrogen and oxygen atoms in total. The summed E-state index contributed by atoms with van der Waals surface area (Å²) in [6, 6.07) is 0.996. The van der Waals surface area contributed by atoms with Gasteiger partial charge in [0.25, 0.3) is 5.91 Å². The monoisotopic (exact) mass is 559 g/mol. The number of carbonyl (C=O) groups is 2. The van der Waals surface area contributed by atoms with Crippen molar-refractivity contribution < 1.29 is 27.4 Å². The highest BCUT2D eigenvalue weighted by molar-refractivity contribution is 5.93. The van der Waals surface area contributed by atoms with Gasteiger partial charge in [-0.3, -0.25) is 9.59 Å². The molecule has 3 heterocycles. The Kier molecular flexibility index (Phi) is 6.99. The third-order valence-corrected chi connectivity index (χ3v) is 8.49. The fraction of sp³-hybridized carbons (Fsp3) is 0.630.